The van der Waals surface area contributed by atoms with Gasteiger partial charge in [0, 0.05) is 18.8 Å². The highest BCUT2D eigenvalue weighted by atomic mass is 15.3. The molecular formula is C14H19N3. The Balaban J connectivity index is 1.97. The van der Waals surface area contributed by atoms with Gasteiger partial charge in [-0.2, -0.15) is 5.10 Å². The Morgan fingerprint density at radius 3 is 2.59 bits per heavy atom. The molecule has 0 aliphatic heterocycles. The van der Waals surface area contributed by atoms with Crippen molar-refractivity contribution in [3.63, 3.8) is 0 Å². The van der Waals surface area contributed by atoms with Crippen LogP contribution in [0.2, 0.25) is 0 Å². The van der Waals surface area contributed by atoms with Crippen LogP contribution in [0.15, 0.2) is 36.4 Å². The van der Waals surface area contributed by atoms with E-state index in [-0.39, 0.29) is 6.04 Å². The monoisotopic (exact) mass is 229 g/mol. The number of aromatic nitrogens is 2. The normalized spacial score (nSPS) is 12.6. The molecule has 90 valence electrons. The maximum atomic E-state index is 6.17. The molecule has 0 aliphatic rings. The van der Waals surface area contributed by atoms with Crippen molar-refractivity contribution in [1.29, 1.82) is 0 Å². The summed E-state index contributed by atoms with van der Waals surface area (Å²) in [6.07, 6.45) is 1.91. The molecule has 0 saturated carbocycles. The van der Waals surface area contributed by atoms with Crippen molar-refractivity contribution in [1.82, 2.24) is 9.78 Å². The molecule has 0 aliphatic carbocycles. The summed E-state index contributed by atoms with van der Waals surface area (Å²) in [7, 11) is 1.98. The van der Waals surface area contributed by atoms with Gasteiger partial charge in [0.2, 0.25) is 0 Å². The summed E-state index contributed by atoms with van der Waals surface area (Å²) in [5.74, 6) is 0. The molecule has 1 aromatic carbocycles. The van der Waals surface area contributed by atoms with Gasteiger partial charge in [0.15, 0.2) is 0 Å². The van der Waals surface area contributed by atoms with E-state index in [0.29, 0.717) is 0 Å². The van der Waals surface area contributed by atoms with Crippen LogP contribution in [-0.4, -0.2) is 9.78 Å². The molecule has 1 unspecified atom stereocenters. The van der Waals surface area contributed by atoms with Gasteiger partial charge in [-0.3, -0.25) is 4.68 Å². The molecule has 2 N–H and O–H groups in total. The third-order valence-electron chi connectivity index (χ3n) is 3.04. The van der Waals surface area contributed by atoms with Gasteiger partial charge in [0.05, 0.1) is 5.69 Å². The fraction of sp³-hybridized carbons (Fsp3) is 0.357. The lowest BCUT2D eigenvalue weighted by Gasteiger charge is -2.11. The summed E-state index contributed by atoms with van der Waals surface area (Å²) >= 11 is 0. The van der Waals surface area contributed by atoms with Crippen LogP contribution in [0.25, 0.3) is 0 Å². The quantitative estimate of drug-likeness (QED) is 0.874. The van der Waals surface area contributed by atoms with E-state index in [1.165, 1.54) is 11.3 Å². The van der Waals surface area contributed by atoms with Crippen LogP contribution in [0.3, 0.4) is 0 Å². The van der Waals surface area contributed by atoms with Crippen LogP contribution < -0.4 is 5.73 Å². The molecule has 3 nitrogen and oxygen atoms in total. The molecule has 0 bridgehead atoms. The van der Waals surface area contributed by atoms with E-state index in [1.54, 1.807) is 0 Å². The van der Waals surface area contributed by atoms with Crippen LogP contribution in [0.5, 0.6) is 0 Å². The highest BCUT2D eigenvalue weighted by Gasteiger charge is 2.08. The largest absolute Gasteiger partial charge is 0.324 e. The Morgan fingerprint density at radius 1 is 1.29 bits per heavy atom. The molecule has 1 aromatic heterocycles. The van der Waals surface area contributed by atoms with Crippen molar-refractivity contribution in [2.24, 2.45) is 12.8 Å². The average molecular weight is 229 g/mol. The smallest absolute Gasteiger partial charge is 0.0596 e. The fourth-order valence-electron chi connectivity index (χ4n) is 2.07. The first-order valence-corrected chi connectivity index (χ1v) is 5.97. The lowest BCUT2D eigenvalue weighted by Crippen LogP contribution is -2.12. The number of nitrogens with zero attached hydrogens (tertiary/aromatic N) is 2. The SMILES string of the molecule is Cc1cc(CCC(N)c2ccccc2)n(C)n1. The number of nitrogens with two attached hydrogens (primary N) is 1. The summed E-state index contributed by atoms with van der Waals surface area (Å²) in [5.41, 5.74) is 9.68. The van der Waals surface area contributed by atoms with Gasteiger partial charge in [0.1, 0.15) is 0 Å². The molecular weight excluding hydrogens is 210 g/mol. The van der Waals surface area contributed by atoms with Gasteiger partial charge in [0.25, 0.3) is 0 Å². The summed E-state index contributed by atoms with van der Waals surface area (Å²) in [5, 5.41) is 4.34. The predicted molar refractivity (Wildman–Crippen MR) is 69.6 cm³/mol. The lowest BCUT2D eigenvalue weighted by atomic mass is 10.0. The Labute approximate surface area is 102 Å². The summed E-state index contributed by atoms with van der Waals surface area (Å²) in [6.45, 7) is 2.01. The summed E-state index contributed by atoms with van der Waals surface area (Å²) < 4.78 is 1.94. The highest BCUT2D eigenvalue weighted by molar-refractivity contribution is 5.19. The Bertz CT molecular complexity index is 473. The molecule has 2 rings (SSSR count). The molecule has 0 spiro atoms. The van der Waals surface area contributed by atoms with Crippen LogP contribution in [-0.2, 0) is 13.5 Å². The van der Waals surface area contributed by atoms with E-state index in [4.69, 9.17) is 5.73 Å². The van der Waals surface area contributed by atoms with Crippen molar-refractivity contribution < 1.29 is 0 Å². The first-order valence-electron chi connectivity index (χ1n) is 5.97. The molecule has 0 fully saturated rings. The van der Waals surface area contributed by atoms with Gasteiger partial charge in [-0.15, -0.1) is 0 Å². The third-order valence-corrected chi connectivity index (χ3v) is 3.04. The third kappa shape index (κ3) is 2.94. The zero-order chi connectivity index (χ0) is 12.3. The van der Waals surface area contributed by atoms with Gasteiger partial charge < -0.3 is 5.73 Å². The topological polar surface area (TPSA) is 43.8 Å². The molecule has 0 amide bonds. The summed E-state index contributed by atoms with van der Waals surface area (Å²) in [4.78, 5) is 0. The maximum absolute atomic E-state index is 6.17. The number of rotatable bonds is 4. The standard InChI is InChI=1S/C14H19N3/c1-11-10-13(17(2)16-11)8-9-14(15)12-6-4-3-5-7-12/h3-7,10,14H,8-9,15H2,1-2H3. The van der Waals surface area contributed by atoms with E-state index >= 15 is 0 Å². The molecule has 1 atom stereocenters. The van der Waals surface area contributed by atoms with Crippen molar-refractivity contribution in [3.05, 3.63) is 53.3 Å². The van der Waals surface area contributed by atoms with Gasteiger partial charge in [-0.25, -0.2) is 0 Å². The second-order valence-corrected chi connectivity index (χ2v) is 4.46. The first kappa shape index (κ1) is 11.9. The van der Waals surface area contributed by atoms with E-state index in [9.17, 15) is 0 Å². The fourth-order valence-corrected chi connectivity index (χ4v) is 2.07. The number of hydrogen-bond acceptors (Lipinski definition) is 2. The molecule has 0 radical (unpaired) electrons. The minimum absolute atomic E-state index is 0.103. The Kier molecular flexibility index (Phi) is 3.59. The zero-order valence-corrected chi connectivity index (χ0v) is 10.4. The van der Waals surface area contributed by atoms with Crippen LogP contribution in [0.1, 0.15) is 29.4 Å². The molecule has 2 aromatic rings. The first-order chi connectivity index (χ1) is 8.16. The average Bonchev–Trinajstić information content (AvgIpc) is 2.66. The Morgan fingerprint density at radius 2 is 2.00 bits per heavy atom. The van der Waals surface area contributed by atoms with Crippen molar-refractivity contribution in [2.45, 2.75) is 25.8 Å². The van der Waals surface area contributed by atoms with Crippen molar-refractivity contribution in [2.75, 3.05) is 0 Å². The van der Waals surface area contributed by atoms with E-state index in [0.717, 1.165) is 18.5 Å². The van der Waals surface area contributed by atoms with Crippen LogP contribution in [0.4, 0.5) is 0 Å². The molecule has 1 heterocycles. The van der Waals surface area contributed by atoms with Crippen LogP contribution in [0, 0.1) is 6.92 Å². The highest BCUT2D eigenvalue weighted by Crippen LogP contribution is 2.16. The molecule has 3 heteroatoms. The van der Waals surface area contributed by atoms with Gasteiger partial charge >= 0.3 is 0 Å². The number of benzene rings is 1. The van der Waals surface area contributed by atoms with E-state index in [1.807, 2.05) is 36.9 Å². The predicted octanol–water partition coefficient (Wildman–Crippen LogP) is 2.36. The zero-order valence-electron chi connectivity index (χ0n) is 10.4. The van der Waals surface area contributed by atoms with Crippen molar-refractivity contribution in [3.8, 4) is 0 Å². The minimum Gasteiger partial charge on any atom is -0.324 e. The van der Waals surface area contributed by atoms with Gasteiger partial charge in [-0.1, -0.05) is 30.3 Å². The van der Waals surface area contributed by atoms with E-state index in [2.05, 4.69) is 23.3 Å². The minimum atomic E-state index is 0.103. The van der Waals surface area contributed by atoms with Crippen molar-refractivity contribution >= 4 is 0 Å². The van der Waals surface area contributed by atoms with Gasteiger partial charge in [-0.05, 0) is 31.4 Å². The second kappa shape index (κ2) is 5.15. The summed E-state index contributed by atoms with van der Waals surface area (Å²) in [6, 6.07) is 12.5. The van der Waals surface area contributed by atoms with Crippen LogP contribution >= 0.6 is 0 Å². The number of hydrogen-bond donors (Lipinski definition) is 1. The molecule has 17 heavy (non-hydrogen) atoms. The Hall–Kier alpha value is -1.61. The maximum Gasteiger partial charge on any atom is 0.0596 e. The second-order valence-electron chi connectivity index (χ2n) is 4.46. The lowest BCUT2D eigenvalue weighted by molar-refractivity contribution is 0.613. The van der Waals surface area contributed by atoms with E-state index < -0.39 is 0 Å². The molecule has 0 saturated heterocycles. The number of aryl methyl sites for hydroxylation is 3.